The highest BCUT2D eigenvalue weighted by Gasteiger charge is 1.99. The van der Waals surface area contributed by atoms with E-state index in [9.17, 15) is 9.59 Å². The molecule has 0 fully saturated rings. The maximum Gasteiger partial charge on any atom is 0.240 e. The summed E-state index contributed by atoms with van der Waals surface area (Å²) < 4.78 is 0. The van der Waals surface area contributed by atoms with E-state index in [0.717, 1.165) is 12.2 Å². The van der Waals surface area contributed by atoms with Crippen molar-refractivity contribution in [2.24, 2.45) is 9.98 Å². The quantitative estimate of drug-likeness (QED) is 0.605. The number of benzene rings is 2. The molecule has 26 heavy (non-hydrogen) atoms. The molecule has 0 amide bonds. The Hall–Kier alpha value is -3.75. The highest BCUT2D eigenvalue weighted by atomic mass is 35.5. The average Bonchev–Trinajstić information content (AvgIpc) is 2.61. The molecule has 132 valence electrons. The molecule has 0 bridgehead atoms. The van der Waals surface area contributed by atoms with Crippen molar-refractivity contribution in [1.29, 1.82) is 10.8 Å². The van der Waals surface area contributed by atoms with Gasteiger partial charge in [-0.15, -0.1) is 0 Å². The van der Waals surface area contributed by atoms with Gasteiger partial charge in [-0.3, -0.25) is 0 Å². The molecule has 0 aromatic heterocycles. The van der Waals surface area contributed by atoms with E-state index in [1.807, 2.05) is 18.2 Å². The molecule has 2 rings (SSSR count). The maximum atomic E-state index is 9.94. The number of halogens is 1. The highest BCUT2D eigenvalue weighted by Crippen LogP contribution is 2.28. The van der Waals surface area contributed by atoms with Crippen LogP contribution in [-0.2, 0) is 19.2 Å². The fourth-order valence-corrected chi connectivity index (χ4v) is 1.45. The van der Waals surface area contributed by atoms with Gasteiger partial charge in [0.2, 0.25) is 24.3 Å². The number of isocyanates is 4. The first-order chi connectivity index (χ1) is 12.5. The molecule has 0 aliphatic carbocycles. The van der Waals surface area contributed by atoms with Crippen LogP contribution >= 0.6 is 11.6 Å². The van der Waals surface area contributed by atoms with E-state index in [1.165, 1.54) is 35.9 Å². The molecule has 0 radical (unpaired) electrons. The van der Waals surface area contributed by atoms with E-state index in [0.29, 0.717) is 10.7 Å². The Balaban J connectivity index is 0. The van der Waals surface area contributed by atoms with Crippen molar-refractivity contribution < 1.29 is 19.2 Å². The molecular weight excluding hydrogens is 360 g/mol. The van der Waals surface area contributed by atoms with Gasteiger partial charge < -0.3 is 0 Å². The van der Waals surface area contributed by atoms with Crippen molar-refractivity contribution in [2.45, 2.75) is 6.92 Å². The lowest BCUT2D eigenvalue weighted by molar-refractivity contribution is 0.562. The number of hydrogen-bond acceptors (Lipinski definition) is 8. The zero-order valence-electron chi connectivity index (χ0n) is 13.5. The summed E-state index contributed by atoms with van der Waals surface area (Å²) >= 11 is 5.66. The van der Waals surface area contributed by atoms with Crippen molar-refractivity contribution in [1.82, 2.24) is 0 Å². The normalized spacial score (nSPS) is 7.15. The van der Waals surface area contributed by atoms with Gasteiger partial charge in [-0.1, -0.05) is 47.5 Å². The summed E-state index contributed by atoms with van der Waals surface area (Å²) in [5.41, 5.74) is 1.89. The van der Waals surface area contributed by atoms with Crippen molar-refractivity contribution in [3.05, 3.63) is 59.1 Å². The predicted octanol–water partition coefficient (Wildman–Crippen LogP) is 4.07. The summed E-state index contributed by atoms with van der Waals surface area (Å²) in [5, 5.41) is 11.1. The third-order valence-corrected chi connectivity index (χ3v) is 2.53. The Bertz CT molecular complexity index is 819. The van der Waals surface area contributed by atoms with Gasteiger partial charge >= 0.3 is 0 Å². The van der Waals surface area contributed by atoms with Crippen LogP contribution < -0.4 is 0 Å². The number of hydrogen-bond donors (Lipinski definition) is 2. The lowest BCUT2D eigenvalue weighted by atomic mass is 10.2. The Morgan fingerprint density at radius 3 is 1.73 bits per heavy atom. The number of carbonyl (C=O) groups excluding carboxylic acids is 4. The van der Waals surface area contributed by atoms with Gasteiger partial charge in [0.05, 0.1) is 16.4 Å². The maximum absolute atomic E-state index is 9.94. The van der Waals surface area contributed by atoms with Crippen LogP contribution in [0.3, 0.4) is 0 Å². The molecule has 8 nitrogen and oxygen atoms in total. The first-order valence-electron chi connectivity index (χ1n) is 6.55. The molecule has 0 aliphatic rings. The van der Waals surface area contributed by atoms with Gasteiger partial charge in [0.15, 0.2) is 0 Å². The smallest absolute Gasteiger partial charge is 0.222 e. The van der Waals surface area contributed by atoms with Gasteiger partial charge in [0.1, 0.15) is 0 Å². The van der Waals surface area contributed by atoms with Crippen molar-refractivity contribution in [3.8, 4) is 0 Å². The van der Waals surface area contributed by atoms with Crippen LogP contribution in [0.15, 0.2) is 58.5 Å². The van der Waals surface area contributed by atoms with E-state index in [1.54, 1.807) is 0 Å². The summed E-state index contributed by atoms with van der Waals surface area (Å²) in [6.45, 7) is 2.08. The third-order valence-electron chi connectivity index (χ3n) is 2.21. The van der Waals surface area contributed by atoms with E-state index < -0.39 is 0 Å². The minimum Gasteiger partial charge on any atom is -0.222 e. The minimum atomic E-state index is 0.230. The molecule has 0 saturated carbocycles. The number of aryl methyl sites for hydroxylation is 1. The molecule has 0 spiro atoms. The van der Waals surface area contributed by atoms with Crippen molar-refractivity contribution in [2.75, 3.05) is 0 Å². The molecule has 9 heteroatoms. The molecule has 0 heterocycles. The van der Waals surface area contributed by atoms with Gasteiger partial charge in [0, 0.05) is 0 Å². The van der Waals surface area contributed by atoms with E-state index in [-0.39, 0.29) is 5.69 Å². The fraction of sp³-hybridized carbons (Fsp3) is 0.0588. The Kier molecular flexibility index (Phi) is 16.6. The van der Waals surface area contributed by atoms with Crippen LogP contribution in [0.1, 0.15) is 5.56 Å². The molecule has 2 N–H and O–H groups in total. The monoisotopic (exact) mass is 372 g/mol. The minimum absolute atomic E-state index is 0.230. The number of rotatable bonds is 2. The van der Waals surface area contributed by atoms with Crippen molar-refractivity contribution >= 4 is 47.3 Å². The average molecular weight is 373 g/mol. The van der Waals surface area contributed by atoms with Gasteiger partial charge in [-0.2, -0.15) is 9.98 Å². The molecule has 0 aliphatic heterocycles. The van der Waals surface area contributed by atoms with Gasteiger partial charge in [-0.25, -0.2) is 30.0 Å². The third kappa shape index (κ3) is 13.9. The Morgan fingerprint density at radius 1 is 0.846 bits per heavy atom. The van der Waals surface area contributed by atoms with Crippen LogP contribution in [0.25, 0.3) is 0 Å². The number of nitrogens with zero attached hydrogens (tertiary/aromatic N) is 2. The van der Waals surface area contributed by atoms with Crippen molar-refractivity contribution in [3.63, 3.8) is 0 Å². The largest absolute Gasteiger partial charge is 0.240 e. The summed E-state index contributed by atoms with van der Waals surface area (Å²) in [6, 6.07) is 14.6. The second-order valence-electron chi connectivity index (χ2n) is 3.90. The highest BCUT2D eigenvalue weighted by molar-refractivity contribution is 6.33. The van der Waals surface area contributed by atoms with Gasteiger partial charge in [0.25, 0.3) is 0 Å². The lowest BCUT2D eigenvalue weighted by Gasteiger charge is -1.95. The SMILES string of the molecule is Cc1ccccc1.N=C=O.N=C=O.O=C=Nc1ccc(Cl)c(N=C=O)c1. The molecule has 0 atom stereocenters. The van der Waals surface area contributed by atoms with Crippen LogP contribution in [0, 0.1) is 17.7 Å². The second kappa shape index (κ2) is 17.6. The zero-order valence-corrected chi connectivity index (χ0v) is 14.3. The topological polar surface area (TPSA) is 141 Å². The molecule has 2 aromatic rings. The first-order valence-corrected chi connectivity index (χ1v) is 6.93. The number of nitrogens with one attached hydrogen (secondary N) is 2. The van der Waals surface area contributed by atoms with E-state index in [2.05, 4.69) is 29.0 Å². The summed E-state index contributed by atoms with van der Waals surface area (Å²) in [5.74, 6) is 0. The van der Waals surface area contributed by atoms with Crippen LogP contribution in [-0.4, -0.2) is 24.3 Å². The van der Waals surface area contributed by atoms with E-state index in [4.69, 9.17) is 32.0 Å². The number of aliphatic imine (C=N–C) groups is 2. The van der Waals surface area contributed by atoms with Crippen LogP contribution in [0.5, 0.6) is 0 Å². The Labute approximate surface area is 153 Å². The second-order valence-corrected chi connectivity index (χ2v) is 4.31. The predicted molar refractivity (Wildman–Crippen MR) is 95.0 cm³/mol. The van der Waals surface area contributed by atoms with Gasteiger partial charge in [-0.05, 0) is 25.1 Å². The molecule has 0 saturated heterocycles. The lowest BCUT2D eigenvalue weighted by Crippen LogP contribution is -1.68. The fourth-order valence-electron chi connectivity index (χ4n) is 1.29. The molecular formula is C17H13ClN4O4. The summed E-state index contributed by atoms with van der Waals surface area (Å²) in [7, 11) is 0. The standard InChI is InChI=1S/C8H3ClN2O2.C7H8.2CHNO/c9-7-2-1-6(10-4-12)3-8(7)11-5-13;1-7-5-3-2-4-6-7;2*2-1-3/h1-3H;2-6H,1H3;2*2H. The Morgan fingerprint density at radius 2 is 1.35 bits per heavy atom. The summed E-state index contributed by atoms with van der Waals surface area (Å²) in [6.07, 6.45) is 4.21. The first kappa shape index (κ1) is 24.5. The van der Waals surface area contributed by atoms with Crippen LogP contribution in [0.2, 0.25) is 5.02 Å². The molecule has 2 aromatic carbocycles. The van der Waals surface area contributed by atoms with Crippen LogP contribution in [0.4, 0.5) is 11.4 Å². The molecule has 0 unspecified atom stereocenters. The summed E-state index contributed by atoms with van der Waals surface area (Å²) in [4.78, 5) is 43.2. The zero-order chi connectivity index (χ0) is 20.2. The van der Waals surface area contributed by atoms with E-state index >= 15 is 0 Å².